The monoisotopic (exact) mass is 901 g/mol. The van der Waals surface area contributed by atoms with Gasteiger partial charge in [0, 0.05) is 0 Å². The Labute approximate surface area is 439 Å². The fourth-order valence-corrected chi connectivity index (χ4v) is 0. The van der Waals surface area contributed by atoms with E-state index >= 15 is 0 Å². The molecule has 0 fully saturated rings. The van der Waals surface area contributed by atoms with E-state index in [4.69, 9.17) is 0 Å². The van der Waals surface area contributed by atoms with Gasteiger partial charge in [0.25, 0.3) is 0 Å². The molecule has 0 aliphatic carbocycles. The summed E-state index contributed by atoms with van der Waals surface area (Å²) in [4.78, 5) is 0. The molecule has 0 aliphatic rings. The van der Waals surface area contributed by atoms with Gasteiger partial charge in [0.1, 0.15) is 0 Å². The molecule has 0 bridgehead atoms. The number of rotatable bonds is 0. The van der Waals surface area contributed by atoms with Crippen molar-refractivity contribution >= 4 is 34.0 Å². The van der Waals surface area contributed by atoms with Crippen LogP contribution in [0.4, 0.5) is 0 Å². The van der Waals surface area contributed by atoms with Crippen molar-refractivity contribution in [2.75, 3.05) is 0 Å². The second-order valence-corrected chi connectivity index (χ2v) is 0. The molecule has 6 N–H and O–H groups in total. The van der Waals surface area contributed by atoms with Crippen LogP contribution in [0.15, 0.2) is 0 Å². The van der Waals surface area contributed by atoms with Crippen molar-refractivity contribution in [1.29, 1.82) is 0 Å². The molecule has 0 radical (unpaired) electrons. The third-order valence-corrected chi connectivity index (χ3v) is 0. The summed E-state index contributed by atoms with van der Waals surface area (Å²) in [5.74, 6) is 0. The smallest absolute Gasteiger partial charge is 1.00 e. The normalized spacial score (nSPS) is 0. The topological polar surface area (TPSA) is 70.0 Å². The Morgan fingerprint density at radius 2 is 0.250 bits per heavy atom. The maximum Gasteiger partial charge on any atom is 1.00 e. The number of halogens is 8. The Bertz CT molecular complexity index is 22.5. The van der Waals surface area contributed by atoms with Crippen molar-refractivity contribution in [3.8, 4) is 0 Å². The summed E-state index contributed by atoms with van der Waals surface area (Å²) in [5.41, 5.74) is 0. The molecule has 0 aromatic heterocycles. The minimum absolute atomic E-state index is 0. The maximum atomic E-state index is 0. The zero-order valence-corrected chi connectivity index (χ0v) is 42.2. The third kappa shape index (κ3) is 106. The predicted octanol–water partition coefficient (Wildman–Crippen LogP) is -34.5. The van der Waals surface area contributed by atoms with Gasteiger partial charge in [0.2, 0.25) is 0 Å². The van der Waals surface area contributed by atoms with E-state index in [2.05, 4.69) is 0 Å². The molecule has 0 rings (SSSR count). The first-order valence-electron chi connectivity index (χ1n) is 0. The summed E-state index contributed by atoms with van der Waals surface area (Å²) in [6.07, 6.45) is 0. The zero-order valence-electron chi connectivity index (χ0n) is 10.5. The van der Waals surface area contributed by atoms with Gasteiger partial charge in [0.05, 0.1) is 0 Å². The second kappa shape index (κ2) is 118. The van der Waals surface area contributed by atoms with Gasteiger partial charge in [-0.3, -0.25) is 0 Å². The molecular weight excluding hydrogens is 902 g/mol. The molecule has 0 unspecified atom stereocenters. The number of hydrogen-bond acceptors (Lipinski definition) is 2. The van der Waals surface area contributed by atoms with Gasteiger partial charge in [-0.15, -0.1) is 34.0 Å². The van der Waals surface area contributed by atoms with Crippen molar-refractivity contribution in [3.63, 3.8) is 0 Å². The van der Waals surface area contributed by atoms with E-state index in [1.165, 1.54) is 0 Å². The predicted molar refractivity (Wildman–Crippen MR) is 30.7 cm³/mol. The molecule has 0 aromatic carbocycles. The Hall–Kier alpha value is 13.6. The van der Waals surface area contributed by atoms with E-state index in [9.17, 15) is 0 Å². The van der Waals surface area contributed by atoms with Crippen LogP contribution in [0.1, 0.15) is 0 Å². The van der Waals surface area contributed by atoms with Crippen LogP contribution in [-0.2, 0) is 0 Å². The van der Waals surface area contributed by atoms with E-state index in [1.807, 2.05) is 0 Å². The summed E-state index contributed by atoms with van der Waals surface area (Å²) in [6.45, 7) is 0. The molecule has 0 heterocycles. The Balaban J connectivity index is 0. The fraction of sp³-hybridized carbons (Fsp3) is 0. The minimum Gasteiger partial charge on any atom is -1.00 e. The first-order valence-corrected chi connectivity index (χ1v) is 0. The number of hydrogen-bond donors (Lipinski definition) is 2. The van der Waals surface area contributed by atoms with Crippen LogP contribution in [0.5, 0.6) is 0 Å². The van der Waals surface area contributed by atoms with E-state index < -0.39 is 0 Å². The Morgan fingerprint density at radius 1 is 0.250 bits per heavy atom. The summed E-state index contributed by atoms with van der Waals surface area (Å²) in [6, 6.07) is 0. The van der Waals surface area contributed by atoms with Gasteiger partial charge >= 0.3 is 308 Å². The molecule has 2 nitrogen and oxygen atoms in total. The van der Waals surface area contributed by atoms with Crippen molar-refractivity contribution in [3.05, 3.63) is 0 Å². The standard InChI is InChI=1S/8BrH.6K.2H3N/h8*1H;;;;;;;2*1H3/q;;;;;;;;6*+1;;/p-6. The second-order valence-electron chi connectivity index (χ2n) is 0. The summed E-state index contributed by atoms with van der Waals surface area (Å²) in [7, 11) is 0. The van der Waals surface area contributed by atoms with Crippen LogP contribution in [-0.4, -0.2) is 0 Å². The van der Waals surface area contributed by atoms with Crippen molar-refractivity contribution in [1.82, 2.24) is 12.3 Å². The van der Waals surface area contributed by atoms with Gasteiger partial charge in [-0.05, 0) is 0 Å². The van der Waals surface area contributed by atoms with Gasteiger partial charge < -0.3 is 114 Å². The van der Waals surface area contributed by atoms with Crippen LogP contribution < -0.4 is 422 Å². The van der Waals surface area contributed by atoms with Crippen molar-refractivity contribution in [2.45, 2.75) is 0 Å². The molecule has 0 amide bonds. The first kappa shape index (κ1) is 131. The van der Waals surface area contributed by atoms with E-state index in [-0.39, 0.29) is 456 Å². The van der Waals surface area contributed by atoms with Gasteiger partial charge in [0.15, 0.2) is 0 Å². The molecule has 0 aromatic rings. The van der Waals surface area contributed by atoms with Crippen LogP contribution in [0.2, 0.25) is 0 Å². The average molecular weight is 910 g/mol. The Kier molecular flexibility index (Phi) is 965. The fourth-order valence-electron chi connectivity index (χ4n) is 0. The van der Waals surface area contributed by atoms with Gasteiger partial charge in [-0.1, -0.05) is 0 Å². The molecule has 0 atom stereocenters. The zero-order chi connectivity index (χ0) is 0. The van der Waals surface area contributed by atoms with Crippen LogP contribution in [0, 0.1) is 0 Å². The molecule has 0 saturated heterocycles. The van der Waals surface area contributed by atoms with Crippen LogP contribution >= 0.6 is 34.0 Å². The van der Waals surface area contributed by atoms with Crippen LogP contribution in [0.25, 0.3) is 0 Å². The average Bonchev–Trinajstić information content (AvgIpc) is 0. The van der Waals surface area contributed by atoms with Crippen LogP contribution in [0.3, 0.4) is 0 Å². The molecule has 16 heavy (non-hydrogen) atoms. The van der Waals surface area contributed by atoms with E-state index in [1.54, 1.807) is 0 Å². The SMILES string of the molecule is Br.Br.N.N.[Br-].[Br-].[Br-].[Br-].[Br-].[Br-].[K+].[K+].[K+].[K+].[K+].[K+]. The van der Waals surface area contributed by atoms with Gasteiger partial charge in [-0.2, -0.15) is 0 Å². The Morgan fingerprint density at radius 3 is 0.250 bits per heavy atom. The largest absolute Gasteiger partial charge is 1.00 e. The minimum atomic E-state index is 0. The van der Waals surface area contributed by atoms with E-state index in [0.717, 1.165) is 0 Å². The first-order chi connectivity index (χ1) is 0. The van der Waals surface area contributed by atoms with Crippen molar-refractivity contribution in [2.24, 2.45) is 0 Å². The molecule has 0 saturated carbocycles. The molecule has 0 aliphatic heterocycles. The molecule has 80 valence electrons. The van der Waals surface area contributed by atoms with Crippen molar-refractivity contribution < 1.29 is 410 Å². The molecule has 0 spiro atoms. The molecular formula is H8Br8K6N2. The summed E-state index contributed by atoms with van der Waals surface area (Å²) in [5, 5.41) is 0. The van der Waals surface area contributed by atoms with E-state index in [0.29, 0.717) is 0 Å². The maximum absolute atomic E-state index is 0. The van der Waals surface area contributed by atoms with Gasteiger partial charge in [-0.25, -0.2) is 0 Å². The third-order valence-electron chi connectivity index (χ3n) is 0. The summed E-state index contributed by atoms with van der Waals surface area (Å²) >= 11 is 0. The molecule has 16 heteroatoms. The quantitative estimate of drug-likeness (QED) is 0.238. The summed E-state index contributed by atoms with van der Waals surface area (Å²) < 4.78 is 0.